The van der Waals surface area contributed by atoms with Crippen molar-refractivity contribution in [2.75, 3.05) is 0 Å². The maximum atomic E-state index is 12.0. The van der Waals surface area contributed by atoms with E-state index >= 15 is 0 Å². The smallest absolute Gasteiger partial charge is 0.346 e. The van der Waals surface area contributed by atoms with E-state index in [0.717, 1.165) is 5.39 Å². The summed E-state index contributed by atoms with van der Waals surface area (Å²) in [5.74, 6) is 0. The second-order valence-corrected chi connectivity index (χ2v) is 4.91. The molecule has 0 fully saturated rings. The predicted octanol–water partition coefficient (Wildman–Crippen LogP) is 1.96. The lowest BCUT2D eigenvalue weighted by molar-refractivity contribution is 0.563. The van der Waals surface area contributed by atoms with Gasteiger partial charge in [-0.2, -0.15) is 9.61 Å². The van der Waals surface area contributed by atoms with Gasteiger partial charge in [0.15, 0.2) is 5.01 Å². The molecule has 3 aromatic heterocycles. The lowest BCUT2D eigenvalue weighted by atomic mass is 10.2. The average Bonchev–Trinajstić information content (AvgIpc) is 2.98. The van der Waals surface area contributed by atoms with Gasteiger partial charge in [0.2, 0.25) is 4.96 Å². The fraction of sp³-hybridized carbons (Fsp3) is 0. The van der Waals surface area contributed by atoms with Crippen molar-refractivity contribution in [3.63, 3.8) is 0 Å². The maximum Gasteiger partial charge on any atom is 0.346 e. The molecule has 0 unspecified atom stereocenters. The van der Waals surface area contributed by atoms with E-state index in [1.807, 2.05) is 18.2 Å². The minimum absolute atomic E-state index is 0.399. The molecule has 0 aliphatic carbocycles. The van der Waals surface area contributed by atoms with E-state index in [1.165, 1.54) is 22.2 Å². The molecule has 0 spiro atoms. The lowest BCUT2D eigenvalue weighted by Gasteiger charge is -1.98. The molecule has 4 rings (SSSR count). The molecule has 4 aromatic rings. The Morgan fingerprint density at radius 2 is 2.16 bits per heavy atom. The van der Waals surface area contributed by atoms with E-state index in [0.29, 0.717) is 21.1 Å². The van der Waals surface area contributed by atoms with Crippen LogP contribution in [0, 0.1) is 0 Å². The molecular weight excluding hydrogens is 264 g/mol. The van der Waals surface area contributed by atoms with Gasteiger partial charge < -0.3 is 4.42 Å². The van der Waals surface area contributed by atoms with Crippen LogP contribution in [0.4, 0.5) is 0 Å². The molecule has 1 aromatic carbocycles. The Kier molecular flexibility index (Phi) is 2.04. The van der Waals surface area contributed by atoms with Gasteiger partial charge in [-0.05, 0) is 12.1 Å². The third-order valence-corrected chi connectivity index (χ3v) is 3.70. The summed E-state index contributed by atoms with van der Waals surface area (Å²) in [5.41, 5.74) is 0.608. The van der Waals surface area contributed by atoms with Crippen LogP contribution in [0.5, 0.6) is 0 Å². The van der Waals surface area contributed by atoms with Gasteiger partial charge in [-0.15, -0.1) is 10.2 Å². The van der Waals surface area contributed by atoms with Crippen LogP contribution in [-0.2, 0) is 0 Å². The number of rotatable bonds is 1. The van der Waals surface area contributed by atoms with Crippen LogP contribution in [0.15, 0.2) is 45.9 Å². The van der Waals surface area contributed by atoms with Crippen molar-refractivity contribution in [1.29, 1.82) is 0 Å². The Bertz CT molecular complexity index is 924. The largest absolute Gasteiger partial charge is 0.422 e. The van der Waals surface area contributed by atoms with Crippen molar-refractivity contribution in [2.45, 2.75) is 0 Å². The van der Waals surface area contributed by atoms with Gasteiger partial charge in [0.05, 0.1) is 5.56 Å². The maximum absolute atomic E-state index is 12.0. The summed E-state index contributed by atoms with van der Waals surface area (Å²) in [7, 11) is 0. The quantitative estimate of drug-likeness (QED) is 0.494. The van der Waals surface area contributed by atoms with Crippen molar-refractivity contribution >= 4 is 27.3 Å². The zero-order valence-electron chi connectivity index (χ0n) is 9.48. The molecule has 0 aliphatic rings. The Morgan fingerprint density at radius 1 is 1.26 bits per heavy atom. The Labute approximate surface area is 109 Å². The average molecular weight is 270 g/mol. The molecule has 0 radical (unpaired) electrons. The first kappa shape index (κ1) is 10.4. The molecule has 3 heterocycles. The molecule has 0 amide bonds. The number of nitrogens with zero attached hydrogens (tertiary/aromatic N) is 4. The topological polar surface area (TPSA) is 73.3 Å². The summed E-state index contributed by atoms with van der Waals surface area (Å²) in [4.78, 5) is 12.6. The van der Waals surface area contributed by atoms with Crippen molar-refractivity contribution in [1.82, 2.24) is 19.8 Å². The molecule has 92 valence electrons. The Balaban J connectivity index is 2.01. The SMILES string of the molecule is O=c1oc2ccccc2cc1-c1nn2cnnc2s1. The van der Waals surface area contributed by atoms with Crippen molar-refractivity contribution in [3.8, 4) is 10.6 Å². The molecule has 0 aliphatic heterocycles. The Hall–Kier alpha value is -2.54. The summed E-state index contributed by atoms with van der Waals surface area (Å²) in [6.45, 7) is 0. The first-order chi connectivity index (χ1) is 9.31. The van der Waals surface area contributed by atoms with Gasteiger partial charge >= 0.3 is 5.63 Å². The molecule has 0 N–H and O–H groups in total. The van der Waals surface area contributed by atoms with Gasteiger partial charge in [0.25, 0.3) is 0 Å². The standard InChI is InChI=1S/C12H6N4O2S/c17-11-8(5-7-3-1-2-4-9(7)18-11)10-15-16-6-13-14-12(16)19-10/h1-6H. The summed E-state index contributed by atoms with van der Waals surface area (Å²) < 4.78 is 6.82. The lowest BCUT2D eigenvalue weighted by Crippen LogP contribution is -2.02. The van der Waals surface area contributed by atoms with E-state index in [9.17, 15) is 4.79 Å². The van der Waals surface area contributed by atoms with Gasteiger partial charge in [0, 0.05) is 5.39 Å². The molecule has 0 saturated carbocycles. The molecule has 0 bridgehead atoms. The van der Waals surface area contributed by atoms with Crippen LogP contribution in [0.1, 0.15) is 0 Å². The minimum atomic E-state index is -0.399. The normalized spacial score (nSPS) is 11.4. The van der Waals surface area contributed by atoms with Gasteiger partial charge in [-0.25, -0.2) is 4.79 Å². The fourth-order valence-corrected chi connectivity index (χ4v) is 2.70. The van der Waals surface area contributed by atoms with Crippen LogP contribution in [-0.4, -0.2) is 19.8 Å². The second kappa shape index (κ2) is 3.72. The van der Waals surface area contributed by atoms with Crippen LogP contribution in [0.25, 0.3) is 26.5 Å². The number of fused-ring (bicyclic) bond motifs is 2. The second-order valence-electron chi connectivity index (χ2n) is 3.95. The Morgan fingerprint density at radius 3 is 3.05 bits per heavy atom. The van der Waals surface area contributed by atoms with Gasteiger partial charge in [0.1, 0.15) is 11.9 Å². The van der Waals surface area contributed by atoms with Crippen LogP contribution >= 0.6 is 11.3 Å². The third kappa shape index (κ3) is 1.55. The highest BCUT2D eigenvalue weighted by atomic mass is 32.1. The number of para-hydroxylation sites is 1. The summed E-state index contributed by atoms with van der Waals surface area (Å²) >= 11 is 1.30. The van der Waals surface area contributed by atoms with Crippen molar-refractivity contribution < 1.29 is 4.42 Å². The van der Waals surface area contributed by atoms with E-state index in [4.69, 9.17) is 4.42 Å². The highest BCUT2D eigenvalue weighted by Gasteiger charge is 2.13. The van der Waals surface area contributed by atoms with E-state index in [1.54, 1.807) is 12.1 Å². The molecule has 6 nitrogen and oxygen atoms in total. The van der Waals surface area contributed by atoms with Crippen LogP contribution in [0.3, 0.4) is 0 Å². The van der Waals surface area contributed by atoms with Crippen LogP contribution < -0.4 is 5.63 Å². The number of hydrogen-bond donors (Lipinski definition) is 0. The third-order valence-electron chi connectivity index (χ3n) is 2.76. The first-order valence-electron chi connectivity index (χ1n) is 5.51. The molecule has 19 heavy (non-hydrogen) atoms. The summed E-state index contributed by atoms with van der Waals surface area (Å²) in [6.07, 6.45) is 1.50. The van der Waals surface area contributed by atoms with Gasteiger partial charge in [-0.1, -0.05) is 29.5 Å². The van der Waals surface area contributed by atoms with Crippen molar-refractivity contribution in [2.24, 2.45) is 0 Å². The number of hydrogen-bond acceptors (Lipinski definition) is 6. The fourth-order valence-electron chi connectivity index (χ4n) is 1.88. The van der Waals surface area contributed by atoms with E-state index in [2.05, 4.69) is 15.3 Å². The zero-order chi connectivity index (χ0) is 12.8. The van der Waals surface area contributed by atoms with Crippen molar-refractivity contribution in [3.05, 3.63) is 47.1 Å². The highest BCUT2D eigenvalue weighted by molar-refractivity contribution is 7.19. The van der Waals surface area contributed by atoms with E-state index in [-0.39, 0.29) is 0 Å². The summed E-state index contributed by atoms with van der Waals surface area (Å²) in [5, 5.41) is 13.3. The van der Waals surface area contributed by atoms with Crippen LogP contribution in [0.2, 0.25) is 0 Å². The molecular formula is C12H6N4O2S. The first-order valence-corrected chi connectivity index (χ1v) is 6.33. The monoisotopic (exact) mass is 270 g/mol. The molecule has 0 saturated heterocycles. The van der Waals surface area contributed by atoms with E-state index < -0.39 is 5.63 Å². The highest BCUT2D eigenvalue weighted by Crippen LogP contribution is 2.24. The number of aromatic nitrogens is 4. The minimum Gasteiger partial charge on any atom is -0.422 e. The predicted molar refractivity (Wildman–Crippen MR) is 70.1 cm³/mol. The number of benzene rings is 1. The zero-order valence-corrected chi connectivity index (χ0v) is 10.3. The van der Waals surface area contributed by atoms with Gasteiger partial charge in [-0.3, -0.25) is 0 Å². The molecule has 7 heteroatoms. The molecule has 0 atom stereocenters. The summed E-state index contributed by atoms with van der Waals surface area (Å²) in [6, 6.07) is 9.16.